The van der Waals surface area contributed by atoms with Crippen molar-refractivity contribution in [3.63, 3.8) is 0 Å². The zero-order chi connectivity index (χ0) is 15.6. The number of nitrogens with one attached hydrogen (secondary N) is 1. The van der Waals surface area contributed by atoms with Gasteiger partial charge < -0.3 is 14.9 Å². The Kier molecular flexibility index (Phi) is 9.25. The van der Waals surface area contributed by atoms with Gasteiger partial charge in [0.25, 0.3) is 0 Å². The third-order valence-electron chi connectivity index (χ3n) is 2.32. The molecule has 0 aliphatic carbocycles. The fourth-order valence-electron chi connectivity index (χ4n) is 1.34. The molecule has 0 saturated heterocycles. The zero-order valence-electron chi connectivity index (χ0n) is 12.6. The van der Waals surface area contributed by atoms with Gasteiger partial charge in [-0.2, -0.15) is 0 Å². The van der Waals surface area contributed by atoms with Crippen molar-refractivity contribution in [3.8, 4) is 0 Å². The van der Waals surface area contributed by atoms with Gasteiger partial charge in [-0.3, -0.25) is 13.8 Å². The third-order valence-corrected chi connectivity index (χ3v) is 3.55. The third kappa shape index (κ3) is 11.4. The van der Waals surface area contributed by atoms with Gasteiger partial charge >= 0.3 is 7.82 Å². The minimum atomic E-state index is -4.10. The van der Waals surface area contributed by atoms with Crippen LogP contribution in [0.2, 0.25) is 0 Å². The molecular formula is C12H26NO6P. The maximum absolute atomic E-state index is 11.7. The van der Waals surface area contributed by atoms with Gasteiger partial charge in [0.15, 0.2) is 0 Å². The van der Waals surface area contributed by atoms with Gasteiger partial charge in [-0.25, -0.2) is 4.57 Å². The standard InChI is InChI=1S/C12H26NO6P/c1-11(2)17-9-6-12(3,4)19-20(15,16)18-8-5-7-13-10-14/h10-11H,5-9H2,1-4H3,(H,13,14)(H,15,16). The minimum Gasteiger partial charge on any atom is -0.379 e. The van der Waals surface area contributed by atoms with Crippen molar-refractivity contribution < 1.29 is 28.0 Å². The number of phosphoric acid groups is 1. The highest BCUT2D eigenvalue weighted by Crippen LogP contribution is 2.48. The van der Waals surface area contributed by atoms with Crippen LogP contribution in [-0.2, 0) is 23.1 Å². The van der Waals surface area contributed by atoms with Gasteiger partial charge in [0.05, 0.1) is 18.3 Å². The van der Waals surface area contributed by atoms with Gasteiger partial charge in [0.1, 0.15) is 0 Å². The van der Waals surface area contributed by atoms with Gasteiger partial charge in [0.2, 0.25) is 6.41 Å². The van der Waals surface area contributed by atoms with Crippen molar-refractivity contribution in [2.75, 3.05) is 19.8 Å². The lowest BCUT2D eigenvalue weighted by atomic mass is 10.1. The first-order valence-corrected chi connectivity index (χ1v) is 8.15. The van der Waals surface area contributed by atoms with E-state index in [0.29, 0.717) is 32.4 Å². The van der Waals surface area contributed by atoms with E-state index in [0.717, 1.165) is 0 Å². The van der Waals surface area contributed by atoms with Gasteiger partial charge in [-0.1, -0.05) is 0 Å². The summed E-state index contributed by atoms with van der Waals surface area (Å²) in [4.78, 5) is 19.6. The Balaban J connectivity index is 4.02. The molecule has 2 N–H and O–H groups in total. The van der Waals surface area contributed by atoms with Crippen LogP contribution >= 0.6 is 7.82 Å². The molecule has 0 fully saturated rings. The molecule has 1 atom stereocenters. The molecule has 8 heteroatoms. The van der Waals surface area contributed by atoms with Gasteiger partial charge in [0, 0.05) is 13.2 Å². The Morgan fingerprint density at radius 2 is 2.00 bits per heavy atom. The van der Waals surface area contributed by atoms with Crippen LogP contribution in [0.1, 0.15) is 40.5 Å². The molecule has 0 aliphatic heterocycles. The van der Waals surface area contributed by atoms with Gasteiger partial charge in [-0.15, -0.1) is 0 Å². The Morgan fingerprint density at radius 3 is 2.55 bits per heavy atom. The van der Waals surface area contributed by atoms with Crippen molar-refractivity contribution in [1.82, 2.24) is 5.32 Å². The largest absolute Gasteiger partial charge is 0.472 e. The van der Waals surface area contributed by atoms with Crippen LogP contribution in [0, 0.1) is 0 Å². The van der Waals surface area contributed by atoms with Crippen LogP contribution in [0.4, 0.5) is 0 Å². The van der Waals surface area contributed by atoms with E-state index in [2.05, 4.69) is 5.32 Å². The molecule has 0 aromatic carbocycles. The van der Waals surface area contributed by atoms with Crippen LogP contribution in [-0.4, -0.2) is 42.8 Å². The van der Waals surface area contributed by atoms with Crippen molar-refractivity contribution >= 4 is 14.2 Å². The molecule has 1 amide bonds. The summed E-state index contributed by atoms with van der Waals surface area (Å²) in [6.07, 6.45) is 1.58. The summed E-state index contributed by atoms with van der Waals surface area (Å²) in [5, 5.41) is 2.43. The maximum Gasteiger partial charge on any atom is 0.472 e. The molecule has 0 saturated carbocycles. The van der Waals surface area contributed by atoms with Crippen molar-refractivity contribution in [2.24, 2.45) is 0 Å². The zero-order valence-corrected chi connectivity index (χ0v) is 13.5. The summed E-state index contributed by atoms with van der Waals surface area (Å²) in [6, 6.07) is 0. The molecule has 0 bridgehead atoms. The molecule has 7 nitrogen and oxygen atoms in total. The second-order valence-electron chi connectivity index (χ2n) is 5.25. The van der Waals surface area contributed by atoms with Crippen molar-refractivity contribution in [1.29, 1.82) is 0 Å². The number of amides is 1. The molecule has 0 heterocycles. The summed E-state index contributed by atoms with van der Waals surface area (Å²) in [7, 11) is -4.10. The lowest BCUT2D eigenvalue weighted by Gasteiger charge is -2.27. The highest BCUT2D eigenvalue weighted by atomic mass is 31.2. The fourth-order valence-corrected chi connectivity index (χ4v) is 2.47. The lowest BCUT2D eigenvalue weighted by molar-refractivity contribution is -0.109. The molecule has 1 unspecified atom stereocenters. The molecule has 0 aromatic rings. The lowest BCUT2D eigenvalue weighted by Crippen LogP contribution is -2.26. The number of carbonyl (C=O) groups is 1. The Morgan fingerprint density at radius 1 is 1.35 bits per heavy atom. The summed E-state index contributed by atoms with van der Waals surface area (Å²) in [5.74, 6) is 0. The summed E-state index contributed by atoms with van der Waals surface area (Å²) in [5.41, 5.74) is -0.819. The summed E-state index contributed by atoms with van der Waals surface area (Å²) in [6.45, 7) is 8.10. The van der Waals surface area contributed by atoms with E-state index in [1.807, 2.05) is 13.8 Å². The highest BCUT2D eigenvalue weighted by Gasteiger charge is 2.31. The Bertz CT molecular complexity index is 321. The predicted octanol–water partition coefficient (Wildman–Crippen LogP) is 1.85. The average Bonchev–Trinajstić information content (AvgIpc) is 2.26. The normalized spacial score (nSPS) is 15.1. The van der Waals surface area contributed by atoms with E-state index in [1.165, 1.54) is 0 Å². The number of carbonyl (C=O) groups excluding carboxylic acids is 1. The average molecular weight is 311 g/mol. The first-order valence-electron chi connectivity index (χ1n) is 6.65. The summed E-state index contributed by atoms with van der Waals surface area (Å²) >= 11 is 0. The second kappa shape index (κ2) is 9.47. The van der Waals surface area contributed by atoms with E-state index in [9.17, 15) is 14.3 Å². The number of ether oxygens (including phenoxy) is 1. The highest BCUT2D eigenvalue weighted by molar-refractivity contribution is 7.47. The minimum absolute atomic E-state index is 0.0349. The smallest absolute Gasteiger partial charge is 0.379 e. The van der Waals surface area contributed by atoms with Crippen LogP contribution in [0.15, 0.2) is 0 Å². The molecule has 0 radical (unpaired) electrons. The van der Waals surface area contributed by atoms with E-state index < -0.39 is 13.4 Å². The molecule has 0 rings (SSSR count). The Hall–Kier alpha value is -0.460. The topological polar surface area (TPSA) is 94.1 Å². The monoisotopic (exact) mass is 311 g/mol. The molecule has 0 aliphatic rings. The number of hydrogen-bond donors (Lipinski definition) is 2. The van der Waals surface area contributed by atoms with Crippen LogP contribution in [0.25, 0.3) is 0 Å². The molecule has 0 aromatic heterocycles. The number of rotatable bonds is 12. The predicted molar refractivity (Wildman–Crippen MR) is 75.3 cm³/mol. The fraction of sp³-hybridized carbons (Fsp3) is 0.917. The van der Waals surface area contributed by atoms with E-state index in [1.54, 1.807) is 13.8 Å². The second-order valence-corrected chi connectivity index (χ2v) is 6.63. The molecule has 120 valence electrons. The van der Waals surface area contributed by atoms with Crippen LogP contribution in [0.3, 0.4) is 0 Å². The van der Waals surface area contributed by atoms with Crippen LogP contribution < -0.4 is 5.32 Å². The molecular weight excluding hydrogens is 285 g/mol. The van der Waals surface area contributed by atoms with E-state index in [-0.39, 0.29) is 12.7 Å². The van der Waals surface area contributed by atoms with E-state index >= 15 is 0 Å². The molecule has 0 spiro atoms. The first-order chi connectivity index (χ1) is 9.18. The van der Waals surface area contributed by atoms with Crippen LogP contribution in [0.5, 0.6) is 0 Å². The maximum atomic E-state index is 11.7. The first kappa shape index (κ1) is 19.5. The molecule has 20 heavy (non-hydrogen) atoms. The quantitative estimate of drug-likeness (QED) is 0.324. The number of phosphoric ester groups is 1. The Labute approximate surface area is 120 Å². The number of hydrogen-bond acceptors (Lipinski definition) is 5. The SMILES string of the molecule is CC(C)OCCC(C)(C)OP(=O)(O)OCCCNC=O. The van der Waals surface area contributed by atoms with Crippen molar-refractivity contribution in [3.05, 3.63) is 0 Å². The van der Waals surface area contributed by atoms with Crippen molar-refractivity contribution in [2.45, 2.75) is 52.2 Å². The van der Waals surface area contributed by atoms with E-state index in [4.69, 9.17) is 13.8 Å². The van der Waals surface area contributed by atoms with Gasteiger partial charge in [-0.05, 0) is 40.5 Å². The summed E-state index contributed by atoms with van der Waals surface area (Å²) < 4.78 is 27.1.